The maximum atomic E-state index is 10.8. The molecule has 0 saturated carbocycles. The predicted molar refractivity (Wildman–Crippen MR) is 37.3 cm³/mol. The Bertz CT molecular complexity index is 202. The summed E-state index contributed by atoms with van der Waals surface area (Å²) in [5, 5.41) is 13.7. The van der Waals surface area contributed by atoms with Gasteiger partial charge in [-0.1, -0.05) is 25.9 Å². The van der Waals surface area contributed by atoms with Gasteiger partial charge in [-0.15, -0.1) is 5.11 Å². The summed E-state index contributed by atoms with van der Waals surface area (Å²) < 4.78 is 0. The number of carboxylic acid groups (broad SMARTS) is 1. The standard InChI is InChI=1S/C6H10N2O3/c1-6(2,3)4(9)7-8-5(10)11/h1-3H3,(H,10,11). The van der Waals surface area contributed by atoms with Crippen molar-refractivity contribution in [1.29, 1.82) is 0 Å². The molecule has 0 bridgehead atoms. The first kappa shape index (κ1) is 9.74. The molecule has 5 heteroatoms. The van der Waals surface area contributed by atoms with Gasteiger partial charge < -0.3 is 5.11 Å². The molecule has 0 heterocycles. The zero-order chi connectivity index (χ0) is 9.07. The molecule has 0 aliphatic rings. The first-order chi connectivity index (χ1) is 4.84. The van der Waals surface area contributed by atoms with E-state index in [-0.39, 0.29) is 0 Å². The van der Waals surface area contributed by atoms with Crippen molar-refractivity contribution in [2.45, 2.75) is 20.8 Å². The van der Waals surface area contributed by atoms with Crippen molar-refractivity contribution in [2.24, 2.45) is 15.6 Å². The minimum Gasteiger partial charge on any atom is -0.462 e. The van der Waals surface area contributed by atoms with Crippen LogP contribution in [0.2, 0.25) is 0 Å². The van der Waals surface area contributed by atoms with Gasteiger partial charge in [-0.2, -0.15) is 0 Å². The highest BCUT2D eigenvalue weighted by Crippen LogP contribution is 2.14. The molecule has 2 amide bonds. The van der Waals surface area contributed by atoms with E-state index in [1.165, 1.54) is 0 Å². The van der Waals surface area contributed by atoms with E-state index in [9.17, 15) is 9.59 Å². The molecular weight excluding hydrogens is 148 g/mol. The zero-order valence-corrected chi connectivity index (χ0v) is 6.66. The van der Waals surface area contributed by atoms with Crippen molar-refractivity contribution in [1.82, 2.24) is 0 Å². The molecule has 0 aromatic carbocycles. The van der Waals surface area contributed by atoms with Crippen molar-refractivity contribution in [3.63, 3.8) is 0 Å². The lowest BCUT2D eigenvalue weighted by atomic mass is 9.96. The number of carbonyl (C=O) groups excluding carboxylic acids is 1. The van der Waals surface area contributed by atoms with E-state index >= 15 is 0 Å². The molecule has 0 aromatic rings. The Morgan fingerprint density at radius 1 is 1.18 bits per heavy atom. The molecule has 0 radical (unpaired) electrons. The number of azo groups is 1. The van der Waals surface area contributed by atoms with Gasteiger partial charge >= 0.3 is 6.09 Å². The summed E-state index contributed by atoms with van der Waals surface area (Å²) in [5.41, 5.74) is -0.668. The Balaban J connectivity index is 4.20. The summed E-state index contributed by atoms with van der Waals surface area (Å²) >= 11 is 0. The summed E-state index contributed by atoms with van der Waals surface area (Å²) in [6, 6.07) is 0. The molecule has 1 N–H and O–H groups in total. The number of rotatable bonds is 0. The first-order valence-electron chi connectivity index (χ1n) is 3.03. The number of amides is 2. The normalized spacial score (nSPS) is 11.9. The number of carbonyl (C=O) groups is 2. The molecule has 0 aromatic heterocycles. The largest absolute Gasteiger partial charge is 0.462 e. The van der Waals surface area contributed by atoms with Gasteiger partial charge in [0.25, 0.3) is 5.91 Å². The molecule has 0 rings (SSSR count). The molecule has 0 atom stereocenters. The van der Waals surface area contributed by atoms with E-state index in [0.29, 0.717) is 0 Å². The van der Waals surface area contributed by atoms with Crippen LogP contribution in [0.5, 0.6) is 0 Å². The Morgan fingerprint density at radius 2 is 1.64 bits per heavy atom. The molecule has 62 valence electrons. The molecule has 0 aliphatic heterocycles. The molecule has 0 fully saturated rings. The molecule has 0 saturated heterocycles. The van der Waals surface area contributed by atoms with Crippen LogP contribution in [0, 0.1) is 5.41 Å². The molecular formula is C6H10N2O3. The van der Waals surface area contributed by atoms with Crippen molar-refractivity contribution in [3.05, 3.63) is 0 Å². The lowest BCUT2D eigenvalue weighted by Crippen LogP contribution is -2.17. The highest BCUT2D eigenvalue weighted by Gasteiger charge is 2.20. The minimum absolute atomic E-state index is 0.542. The third-order valence-electron chi connectivity index (χ3n) is 0.868. The molecule has 0 spiro atoms. The van der Waals surface area contributed by atoms with Gasteiger partial charge in [-0.3, -0.25) is 4.79 Å². The van der Waals surface area contributed by atoms with Crippen LogP contribution in [0.3, 0.4) is 0 Å². The molecule has 11 heavy (non-hydrogen) atoms. The fourth-order valence-corrected chi connectivity index (χ4v) is 0.238. The Labute approximate surface area is 64.1 Å². The average Bonchev–Trinajstić information content (AvgIpc) is 1.80. The van der Waals surface area contributed by atoms with Crippen molar-refractivity contribution in [2.75, 3.05) is 0 Å². The van der Waals surface area contributed by atoms with Gasteiger partial charge in [-0.25, -0.2) is 4.79 Å². The van der Waals surface area contributed by atoms with E-state index in [1.54, 1.807) is 20.8 Å². The fraction of sp³-hybridized carbons (Fsp3) is 0.667. The Hall–Kier alpha value is -1.26. The predicted octanol–water partition coefficient (Wildman–Crippen LogP) is 1.69. The minimum atomic E-state index is -1.46. The van der Waals surface area contributed by atoms with E-state index in [2.05, 4.69) is 10.2 Å². The van der Waals surface area contributed by atoms with Crippen molar-refractivity contribution in [3.8, 4) is 0 Å². The summed E-state index contributed by atoms with van der Waals surface area (Å²) in [4.78, 5) is 20.7. The van der Waals surface area contributed by atoms with Gasteiger partial charge in [0.1, 0.15) is 0 Å². The van der Waals surface area contributed by atoms with Gasteiger partial charge in [0.05, 0.1) is 0 Å². The summed E-state index contributed by atoms with van der Waals surface area (Å²) in [5.74, 6) is -0.542. The van der Waals surface area contributed by atoms with Gasteiger partial charge in [-0.05, 0) is 0 Å². The zero-order valence-electron chi connectivity index (χ0n) is 6.66. The second-order valence-electron chi connectivity index (χ2n) is 3.04. The van der Waals surface area contributed by atoms with Crippen LogP contribution in [-0.2, 0) is 4.79 Å². The van der Waals surface area contributed by atoms with Crippen LogP contribution in [0.15, 0.2) is 10.2 Å². The first-order valence-corrected chi connectivity index (χ1v) is 3.03. The SMILES string of the molecule is CC(C)(C)C(=O)N=NC(=O)O. The van der Waals surface area contributed by atoms with E-state index < -0.39 is 17.4 Å². The van der Waals surface area contributed by atoms with E-state index in [1.807, 2.05) is 0 Å². The smallest absolute Gasteiger partial charge is 0.450 e. The van der Waals surface area contributed by atoms with Crippen LogP contribution >= 0.6 is 0 Å². The lowest BCUT2D eigenvalue weighted by molar-refractivity contribution is -0.125. The number of hydrogen-bond acceptors (Lipinski definition) is 2. The Kier molecular flexibility index (Phi) is 2.86. The van der Waals surface area contributed by atoms with Gasteiger partial charge in [0.15, 0.2) is 0 Å². The number of nitrogens with zero attached hydrogens (tertiary/aromatic N) is 2. The summed E-state index contributed by atoms with van der Waals surface area (Å²) in [6.45, 7) is 4.91. The van der Waals surface area contributed by atoms with Crippen molar-refractivity contribution < 1.29 is 14.7 Å². The Morgan fingerprint density at radius 3 is 1.91 bits per heavy atom. The second-order valence-corrected chi connectivity index (χ2v) is 3.04. The van der Waals surface area contributed by atoms with Crippen LogP contribution in [-0.4, -0.2) is 17.1 Å². The van der Waals surface area contributed by atoms with Gasteiger partial charge in [0, 0.05) is 5.41 Å². The van der Waals surface area contributed by atoms with E-state index in [4.69, 9.17) is 5.11 Å². The second kappa shape index (κ2) is 3.23. The fourth-order valence-electron chi connectivity index (χ4n) is 0.238. The van der Waals surface area contributed by atoms with Crippen LogP contribution in [0.1, 0.15) is 20.8 Å². The monoisotopic (exact) mass is 158 g/mol. The quantitative estimate of drug-likeness (QED) is 0.544. The lowest BCUT2D eigenvalue weighted by Gasteiger charge is -2.09. The highest BCUT2D eigenvalue weighted by molar-refractivity contribution is 5.83. The molecule has 0 aliphatic carbocycles. The van der Waals surface area contributed by atoms with Crippen LogP contribution < -0.4 is 0 Å². The number of hydrogen-bond donors (Lipinski definition) is 1. The topological polar surface area (TPSA) is 79.1 Å². The van der Waals surface area contributed by atoms with Crippen LogP contribution in [0.25, 0.3) is 0 Å². The molecule has 0 unspecified atom stereocenters. The summed E-state index contributed by atoms with van der Waals surface area (Å²) in [7, 11) is 0. The van der Waals surface area contributed by atoms with Crippen molar-refractivity contribution >= 4 is 12.0 Å². The maximum Gasteiger partial charge on any atom is 0.450 e. The maximum absolute atomic E-state index is 10.8. The molecule has 5 nitrogen and oxygen atoms in total. The third kappa shape index (κ3) is 4.19. The van der Waals surface area contributed by atoms with Crippen LogP contribution in [0.4, 0.5) is 4.79 Å². The third-order valence-corrected chi connectivity index (χ3v) is 0.868. The average molecular weight is 158 g/mol. The van der Waals surface area contributed by atoms with E-state index in [0.717, 1.165) is 0 Å². The summed E-state index contributed by atoms with van der Waals surface area (Å²) in [6.07, 6.45) is -1.46. The highest BCUT2D eigenvalue weighted by atomic mass is 16.4. The van der Waals surface area contributed by atoms with Gasteiger partial charge in [0.2, 0.25) is 0 Å².